The van der Waals surface area contributed by atoms with Crippen LogP contribution >= 0.6 is 0 Å². The maximum absolute atomic E-state index is 12.8. The third-order valence-electron chi connectivity index (χ3n) is 10.6. The molecule has 0 fully saturated rings. The molecule has 0 heterocycles. The van der Waals surface area contributed by atoms with Crippen LogP contribution < -0.4 is 0 Å². The molecular formula is C46H84N2O14. The fraction of sp³-hybridized carbons (Fsp3) is 0.870. The minimum absolute atomic E-state index is 0.0127. The van der Waals surface area contributed by atoms with Crippen LogP contribution in [0.2, 0.25) is 0 Å². The summed E-state index contributed by atoms with van der Waals surface area (Å²) in [5.74, 6) is -2.52. The molecule has 16 nitrogen and oxygen atoms in total. The lowest BCUT2D eigenvalue weighted by molar-refractivity contribution is -0.145. The summed E-state index contributed by atoms with van der Waals surface area (Å²) in [6.45, 7) is 12.8. The first-order valence-electron chi connectivity index (χ1n) is 23.8. The number of carboxylic acids is 2. The van der Waals surface area contributed by atoms with Gasteiger partial charge >= 0.3 is 36.2 Å². The molecule has 0 aliphatic carbocycles. The van der Waals surface area contributed by atoms with E-state index < -0.39 is 36.5 Å². The van der Waals surface area contributed by atoms with Crippen molar-refractivity contribution in [3.63, 3.8) is 0 Å². The molecule has 0 aliphatic rings. The third-order valence-corrected chi connectivity index (χ3v) is 10.6. The molecule has 62 heavy (non-hydrogen) atoms. The topological polar surface area (TPSA) is 205 Å². The summed E-state index contributed by atoms with van der Waals surface area (Å²) >= 11 is 0. The van der Waals surface area contributed by atoms with E-state index in [2.05, 4.69) is 32.6 Å². The van der Waals surface area contributed by atoms with Crippen LogP contribution in [0.4, 0.5) is 9.59 Å². The Kier molecular flexibility index (Phi) is 38.9. The van der Waals surface area contributed by atoms with Crippen LogP contribution in [0, 0.1) is 0 Å². The van der Waals surface area contributed by atoms with E-state index in [1.54, 1.807) is 0 Å². The zero-order valence-electron chi connectivity index (χ0n) is 38.9. The summed E-state index contributed by atoms with van der Waals surface area (Å²) in [6, 6.07) is 0. The molecule has 0 saturated heterocycles. The van der Waals surface area contributed by atoms with E-state index >= 15 is 0 Å². The predicted octanol–water partition coefficient (Wildman–Crippen LogP) is 9.33. The van der Waals surface area contributed by atoms with Gasteiger partial charge in [-0.05, 0) is 77.3 Å². The van der Waals surface area contributed by atoms with Gasteiger partial charge in [0.05, 0.1) is 13.2 Å². The third kappa shape index (κ3) is 38.0. The highest BCUT2D eigenvalue weighted by molar-refractivity contribution is 5.69. The van der Waals surface area contributed by atoms with Crippen molar-refractivity contribution in [2.45, 2.75) is 194 Å². The summed E-state index contributed by atoms with van der Waals surface area (Å²) in [5.41, 5.74) is 0. The SMILES string of the molecule is CCCCCCCCOC(=O)CCCC(CCCC(=O)O)OC(=O)OCCN(CCOC(=O)OC(CCCC(=O)O)CCCC(=O)OCCCCCCCC)CCN(CC)CC. The Bertz CT molecular complexity index is 1090. The second-order valence-electron chi connectivity index (χ2n) is 15.9. The normalized spacial score (nSPS) is 12.2. The van der Waals surface area contributed by atoms with E-state index in [1.807, 2.05) is 4.90 Å². The molecule has 0 aromatic carbocycles. The molecule has 0 aromatic heterocycles. The molecule has 0 rings (SSSR count). The van der Waals surface area contributed by atoms with Crippen LogP contribution in [-0.4, -0.2) is 134 Å². The molecule has 0 aromatic rings. The number of ether oxygens (including phenoxy) is 6. The number of esters is 2. The van der Waals surface area contributed by atoms with Crippen molar-refractivity contribution >= 4 is 36.2 Å². The standard InChI is InChI=1S/C46H84N2O14/c1-5-9-11-13-15-17-35-57-43(53)29-21-25-39(23-19-27-41(49)50)61-45(55)59-37-33-48(32-31-47(7-3)8-4)34-38-60-46(56)62-40(24-20-28-42(51)52)26-22-30-44(54)58-36-18-16-14-12-10-6-2/h39-40H,5-38H2,1-4H3,(H,49,50)(H,51,52). The number of carbonyl (C=O) groups is 6. The molecular weight excluding hydrogens is 805 g/mol. The maximum atomic E-state index is 12.8. The van der Waals surface area contributed by atoms with Crippen molar-refractivity contribution < 1.29 is 67.4 Å². The lowest BCUT2D eigenvalue weighted by atomic mass is 10.1. The first kappa shape index (κ1) is 58.3. The largest absolute Gasteiger partial charge is 0.508 e. The Morgan fingerprint density at radius 1 is 0.403 bits per heavy atom. The minimum Gasteiger partial charge on any atom is -0.481 e. The summed E-state index contributed by atoms with van der Waals surface area (Å²) in [4.78, 5) is 76.5. The number of rotatable bonds is 43. The van der Waals surface area contributed by atoms with Crippen molar-refractivity contribution in [3.05, 3.63) is 0 Å². The van der Waals surface area contributed by atoms with E-state index in [0.29, 0.717) is 84.2 Å². The van der Waals surface area contributed by atoms with E-state index in [9.17, 15) is 28.8 Å². The first-order valence-corrected chi connectivity index (χ1v) is 23.8. The molecule has 0 amide bonds. The fourth-order valence-corrected chi connectivity index (χ4v) is 6.73. The monoisotopic (exact) mass is 889 g/mol. The summed E-state index contributed by atoms with van der Waals surface area (Å²) < 4.78 is 32.7. The summed E-state index contributed by atoms with van der Waals surface area (Å²) in [6.07, 6.45) is 13.0. The van der Waals surface area contributed by atoms with Crippen molar-refractivity contribution in [2.75, 3.05) is 65.7 Å². The number of likely N-dealkylation sites (N-methyl/N-ethyl adjacent to an activating group) is 1. The highest BCUT2D eigenvalue weighted by Crippen LogP contribution is 2.17. The summed E-state index contributed by atoms with van der Waals surface area (Å²) in [5, 5.41) is 18.2. The number of hydrogen-bond donors (Lipinski definition) is 2. The van der Waals surface area contributed by atoms with Crippen LogP contribution in [0.15, 0.2) is 0 Å². The molecule has 2 unspecified atom stereocenters. The van der Waals surface area contributed by atoms with Gasteiger partial charge in [-0.3, -0.25) is 24.1 Å². The van der Waals surface area contributed by atoms with Crippen LogP contribution in [0.3, 0.4) is 0 Å². The molecule has 362 valence electrons. The molecule has 0 spiro atoms. The predicted molar refractivity (Wildman–Crippen MR) is 236 cm³/mol. The van der Waals surface area contributed by atoms with E-state index in [4.69, 9.17) is 38.6 Å². The Morgan fingerprint density at radius 2 is 0.758 bits per heavy atom. The molecule has 0 saturated carbocycles. The van der Waals surface area contributed by atoms with Crippen molar-refractivity contribution in [1.29, 1.82) is 0 Å². The van der Waals surface area contributed by atoms with Crippen molar-refractivity contribution in [2.24, 2.45) is 0 Å². The highest BCUT2D eigenvalue weighted by atomic mass is 16.7. The maximum Gasteiger partial charge on any atom is 0.508 e. The van der Waals surface area contributed by atoms with E-state index in [1.165, 1.54) is 38.5 Å². The van der Waals surface area contributed by atoms with Gasteiger partial charge in [-0.1, -0.05) is 91.9 Å². The molecule has 0 bridgehead atoms. The number of carbonyl (C=O) groups excluding carboxylic acids is 4. The average molecular weight is 889 g/mol. The van der Waals surface area contributed by atoms with Gasteiger partial charge < -0.3 is 43.5 Å². The van der Waals surface area contributed by atoms with Gasteiger partial charge in [0.2, 0.25) is 0 Å². The van der Waals surface area contributed by atoms with Crippen LogP contribution in [0.25, 0.3) is 0 Å². The van der Waals surface area contributed by atoms with E-state index in [0.717, 1.165) is 58.2 Å². The quantitative estimate of drug-likeness (QED) is 0.0332. The van der Waals surface area contributed by atoms with E-state index in [-0.39, 0.29) is 50.8 Å². The van der Waals surface area contributed by atoms with Gasteiger partial charge in [-0.15, -0.1) is 0 Å². The van der Waals surface area contributed by atoms with Gasteiger partial charge in [0, 0.05) is 51.9 Å². The highest BCUT2D eigenvalue weighted by Gasteiger charge is 2.20. The van der Waals surface area contributed by atoms with Crippen molar-refractivity contribution in [3.8, 4) is 0 Å². The molecule has 2 N–H and O–H groups in total. The van der Waals surface area contributed by atoms with Crippen molar-refractivity contribution in [1.82, 2.24) is 9.80 Å². The lowest BCUT2D eigenvalue weighted by Gasteiger charge is -2.26. The van der Waals surface area contributed by atoms with Crippen LogP contribution in [0.1, 0.15) is 182 Å². The van der Waals surface area contributed by atoms with Crippen LogP contribution in [-0.2, 0) is 47.6 Å². The molecule has 16 heteroatoms. The number of nitrogens with zero attached hydrogens (tertiary/aromatic N) is 2. The minimum atomic E-state index is -0.949. The van der Waals surface area contributed by atoms with Crippen LogP contribution in [0.5, 0.6) is 0 Å². The Morgan fingerprint density at radius 3 is 1.13 bits per heavy atom. The number of aliphatic carboxylic acids is 2. The zero-order valence-corrected chi connectivity index (χ0v) is 38.9. The van der Waals surface area contributed by atoms with Gasteiger partial charge in [-0.2, -0.15) is 0 Å². The van der Waals surface area contributed by atoms with Gasteiger partial charge in [-0.25, -0.2) is 9.59 Å². The smallest absolute Gasteiger partial charge is 0.481 e. The second-order valence-corrected chi connectivity index (χ2v) is 15.9. The number of unbranched alkanes of at least 4 members (excludes halogenated alkanes) is 10. The summed E-state index contributed by atoms with van der Waals surface area (Å²) in [7, 11) is 0. The first-order chi connectivity index (χ1) is 29.9. The molecule has 0 radical (unpaired) electrons. The van der Waals surface area contributed by atoms with Gasteiger partial charge in [0.25, 0.3) is 0 Å². The number of hydrogen-bond acceptors (Lipinski definition) is 14. The Hall–Kier alpha value is -3.66. The fourth-order valence-electron chi connectivity index (χ4n) is 6.73. The van der Waals surface area contributed by atoms with Gasteiger partial charge in [0.1, 0.15) is 25.4 Å². The molecule has 2 atom stereocenters. The zero-order chi connectivity index (χ0) is 46.1. The molecule has 0 aliphatic heterocycles. The Balaban J connectivity index is 5.03. The lowest BCUT2D eigenvalue weighted by Crippen LogP contribution is -2.39. The second kappa shape index (κ2) is 41.4. The van der Waals surface area contributed by atoms with Gasteiger partial charge in [0.15, 0.2) is 0 Å². The average Bonchev–Trinajstić information content (AvgIpc) is 3.22. The Labute approximate surface area is 372 Å². The number of carboxylic acid groups (broad SMARTS) is 2.